The van der Waals surface area contributed by atoms with Crippen molar-refractivity contribution in [3.63, 3.8) is 0 Å². The first-order chi connectivity index (χ1) is 14.2. The minimum Gasteiger partial charge on any atom is -0.379 e. The molecule has 0 radical (unpaired) electrons. The molecule has 0 saturated carbocycles. The molecule has 1 N–H and O–H groups in total. The zero-order valence-corrected chi connectivity index (χ0v) is 17.9. The summed E-state index contributed by atoms with van der Waals surface area (Å²) in [5, 5.41) is 15.5. The van der Waals surface area contributed by atoms with Gasteiger partial charge in [-0.1, -0.05) is 12.1 Å². The van der Waals surface area contributed by atoms with E-state index in [1.54, 1.807) is 6.92 Å². The number of anilines is 1. The Hall–Kier alpha value is -2.82. The van der Waals surface area contributed by atoms with Gasteiger partial charge in [-0.3, -0.25) is 15.5 Å². The van der Waals surface area contributed by atoms with Crippen LogP contribution in [0.3, 0.4) is 0 Å². The molecule has 1 saturated heterocycles. The first kappa shape index (κ1) is 21.9. The van der Waals surface area contributed by atoms with Gasteiger partial charge in [0.05, 0.1) is 29.5 Å². The number of hydrogen-bond donors (Lipinski definition) is 1. The van der Waals surface area contributed by atoms with E-state index in [1.807, 2.05) is 32.0 Å². The highest BCUT2D eigenvalue weighted by atomic mass is 32.2. The van der Waals surface area contributed by atoms with Crippen molar-refractivity contribution in [2.45, 2.75) is 25.7 Å². The van der Waals surface area contributed by atoms with Crippen molar-refractivity contribution in [2.24, 2.45) is 5.10 Å². The van der Waals surface area contributed by atoms with Gasteiger partial charge >= 0.3 is 0 Å². The van der Waals surface area contributed by atoms with Crippen LogP contribution in [0, 0.1) is 24.0 Å². The summed E-state index contributed by atoms with van der Waals surface area (Å²) in [6, 6.07) is 9.60. The normalized spacial score (nSPS) is 15.8. The Morgan fingerprint density at radius 1 is 1.13 bits per heavy atom. The Morgan fingerprint density at radius 3 is 2.47 bits per heavy atom. The van der Waals surface area contributed by atoms with Crippen LogP contribution < -0.4 is 5.43 Å². The van der Waals surface area contributed by atoms with Gasteiger partial charge in [0.15, 0.2) is 0 Å². The molecular weight excluding hydrogens is 408 g/mol. The molecule has 30 heavy (non-hydrogen) atoms. The number of nitrogens with one attached hydrogen (secondary N) is 1. The second-order valence-corrected chi connectivity index (χ2v) is 8.97. The number of rotatable bonds is 6. The molecule has 1 fully saturated rings. The Labute approximate surface area is 175 Å². The number of hydrogen-bond acceptors (Lipinski definition) is 7. The molecule has 10 heteroatoms. The summed E-state index contributed by atoms with van der Waals surface area (Å²) in [5.41, 5.74) is 6.49. The van der Waals surface area contributed by atoms with Crippen molar-refractivity contribution in [3.05, 3.63) is 63.2 Å². The van der Waals surface area contributed by atoms with E-state index in [0.29, 0.717) is 5.71 Å². The van der Waals surface area contributed by atoms with E-state index in [1.165, 1.54) is 16.4 Å². The highest BCUT2D eigenvalue weighted by molar-refractivity contribution is 7.89. The monoisotopic (exact) mass is 432 g/mol. The summed E-state index contributed by atoms with van der Waals surface area (Å²) < 4.78 is 32.8. The summed E-state index contributed by atoms with van der Waals surface area (Å²) >= 11 is 0. The van der Waals surface area contributed by atoms with E-state index in [0.717, 1.165) is 22.8 Å². The molecule has 2 aromatic rings. The zero-order valence-electron chi connectivity index (χ0n) is 17.1. The topological polar surface area (TPSA) is 114 Å². The van der Waals surface area contributed by atoms with Gasteiger partial charge in [-0.15, -0.1) is 0 Å². The van der Waals surface area contributed by atoms with E-state index in [4.69, 9.17) is 4.74 Å². The van der Waals surface area contributed by atoms with Crippen LogP contribution in [0.1, 0.15) is 23.6 Å². The molecule has 0 amide bonds. The van der Waals surface area contributed by atoms with Crippen LogP contribution in [0.15, 0.2) is 46.4 Å². The highest BCUT2D eigenvalue weighted by Gasteiger charge is 2.30. The van der Waals surface area contributed by atoms with Gasteiger partial charge in [0, 0.05) is 25.2 Å². The Morgan fingerprint density at radius 2 is 1.83 bits per heavy atom. The maximum absolute atomic E-state index is 13.1. The Bertz CT molecular complexity index is 1090. The number of non-ortho nitro benzene ring substituents is 1. The fraction of sp³-hybridized carbons (Fsp3) is 0.350. The van der Waals surface area contributed by atoms with Crippen LogP contribution in [-0.2, 0) is 14.8 Å². The van der Waals surface area contributed by atoms with Crippen LogP contribution in [-0.4, -0.2) is 49.7 Å². The van der Waals surface area contributed by atoms with E-state index in [9.17, 15) is 18.5 Å². The van der Waals surface area contributed by atoms with Gasteiger partial charge in [-0.2, -0.15) is 9.41 Å². The standard InChI is InChI=1S/C20H24N4O5S/c1-14-4-5-17(12-15(14)2)16(3)21-22-19-7-6-18(24(25)26)13-20(19)30(27,28)23-8-10-29-11-9-23/h4-7,12-13,22H,8-11H2,1-3H3/b21-16+. The highest BCUT2D eigenvalue weighted by Crippen LogP contribution is 2.29. The van der Waals surface area contributed by atoms with Gasteiger partial charge in [0.2, 0.25) is 10.0 Å². The van der Waals surface area contributed by atoms with Crippen molar-refractivity contribution in [2.75, 3.05) is 31.7 Å². The van der Waals surface area contributed by atoms with Gasteiger partial charge in [0.25, 0.3) is 5.69 Å². The van der Waals surface area contributed by atoms with Crippen molar-refractivity contribution in [1.29, 1.82) is 0 Å². The summed E-state index contributed by atoms with van der Waals surface area (Å²) in [6.07, 6.45) is 0. The lowest BCUT2D eigenvalue weighted by atomic mass is 10.0. The fourth-order valence-corrected chi connectivity index (χ4v) is 4.60. The molecule has 160 valence electrons. The fourth-order valence-electron chi connectivity index (χ4n) is 3.03. The van der Waals surface area contributed by atoms with Crippen molar-refractivity contribution < 1.29 is 18.1 Å². The number of nitro benzene ring substituents is 1. The Balaban J connectivity index is 1.97. The van der Waals surface area contributed by atoms with Crippen LogP contribution >= 0.6 is 0 Å². The zero-order chi connectivity index (χ0) is 21.9. The lowest BCUT2D eigenvalue weighted by molar-refractivity contribution is -0.385. The smallest absolute Gasteiger partial charge is 0.270 e. The summed E-state index contributed by atoms with van der Waals surface area (Å²) in [4.78, 5) is 10.4. The average Bonchev–Trinajstić information content (AvgIpc) is 2.74. The van der Waals surface area contributed by atoms with Gasteiger partial charge in [-0.05, 0) is 49.6 Å². The summed E-state index contributed by atoms with van der Waals surface area (Å²) in [7, 11) is -3.96. The number of benzene rings is 2. The number of ether oxygens (including phenoxy) is 1. The molecule has 0 atom stereocenters. The van der Waals surface area contributed by atoms with E-state index >= 15 is 0 Å². The molecule has 0 spiro atoms. The van der Waals surface area contributed by atoms with Crippen LogP contribution in [0.4, 0.5) is 11.4 Å². The second kappa shape index (κ2) is 8.90. The molecule has 0 aromatic heterocycles. The summed E-state index contributed by atoms with van der Waals surface area (Å²) in [5.74, 6) is 0. The van der Waals surface area contributed by atoms with Gasteiger partial charge in [0.1, 0.15) is 4.90 Å². The number of morpholine rings is 1. The average molecular weight is 433 g/mol. The molecule has 0 bridgehead atoms. The van der Waals surface area contributed by atoms with Crippen LogP contribution in [0.2, 0.25) is 0 Å². The molecule has 2 aromatic carbocycles. The molecule has 3 rings (SSSR count). The first-order valence-electron chi connectivity index (χ1n) is 9.44. The lowest BCUT2D eigenvalue weighted by Gasteiger charge is -2.26. The molecular formula is C20H24N4O5S. The maximum Gasteiger partial charge on any atom is 0.270 e. The van der Waals surface area contributed by atoms with Crippen molar-refractivity contribution in [1.82, 2.24) is 4.31 Å². The van der Waals surface area contributed by atoms with Crippen molar-refractivity contribution in [3.8, 4) is 0 Å². The maximum atomic E-state index is 13.1. The van der Waals surface area contributed by atoms with Gasteiger partial charge < -0.3 is 4.74 Å². The van der Waals surface area contributed by atoms with E-state index in [-0.39, 0.29) is 42.6 Å². The van der Waals surface area contributed by atoms with Crippen molar-refractivity contribution >= 4 is 27.1 Å². The van der Waals surface area contributed by atoms with E-state index in [2.05, 4.69) is 10.5 Å². The van der Waals surface area contributed by atoms with Crippen LogP contribution in [0.5, 0.6) is 0 Å². The minimum absolute atomic E-state index is 0.176. The number of nitrogens with zero attached hydrogens (tertiary/aromatic N) is 3. The molecule has 0 unspecified atom stereocenters. The predicted molar refractivity (Wildman–Crippen MR) is 114 cm³/mol. The first-order valence-corrected chi connectivity index (χ1v) is 10.9. The molecule has 1 aliphatic heterocycles. The lowest BCUT2D eigenvalue weighted by Crippen LogP contribution is -2.40. The molecule has 9 nitrogen and oxygen atoms in total. The number of nitro groups is 1. The third kappa shape index (κ3) is 4.66. The third-order valence-corrected chi connectivity index (χ3v) is 6.97. The van der Waals surface area contributed by atoms with Crippen LogP contribution in [0.25, 0.3) is 0 Å². The minimum atomic E-state index is -3.96. The number of hydrazone groups is 1. The van der Waals surface area contributed by atoms with E-state index < -0.39 is 14.9 Å². The Kier molecular flexibility index (Phi) is 6.49. The quantitative estimate of drug-likeness (QED) is 0.426. The number of sulfonamides is 1. The molecule has 0 aliphatic carbocycles. The van der Waals surface area contributed by atoms with Gasteiger partial charge in [-0.25, -0.2) is 8.42 Å². The second-order valence-electron chi connectivity index (χ2n) is 7.06. The SMILES string of the molecule is C/C(=N\Nc1ccc([N+](=O)[O-])cc1S(=O)(=O)N1CCOCC1)c1ccc(C)c(C)c1. The largest absolute Gasteiger partial charge is 0.379 e. The molecule has 1 aliphatic rings. The molecule has 1 heterocycles. The summed E-state index contributed by atoms with van der Waals surface area (Å²) in [6.45, 7) is 6.76. The predicted octanol–water partition coefficient (Wildman–Crippen LogP) is 3.07. The number of aryl methyl sites for hydroxylation is 2. The third-order valence-electron chi connectivity index (χ3n) is 5.03.